The first-order valence-electron chi connectivity index (χ1n) is 10.9. The maximum absolute atomic E-state index is 13.5. The molecule has 0 bridgehead atoms. The molecule has 0 spiro atoms. The molecule has 4 rings (SSSR count). The van der Waals surface area contributed by atoms with E-state index in [0.717, 1.165) is 28.0 Å². The predicted octanol–water partition coefficient (Wildman–Crippen LogP) is 4.19. The number of likely N-dealkylation sites (N-methyl/N-ethyl adjacent to an activating group) is 1. The summed E-state index contributed by atoms with van der Waals surface area (Å²) in [7, 11) is -2.46. The summed E-state index contributed by atoms with van der Waals surface area (Å²) in [6.45, 7) is 1.55. The van der Waals surface area contributed by atoms with E-state index in [0.29, 0.717) is 9.86 Å². The Morgan fingerprint density at radius 2 is 1.86 bits per heavy atom. The van der Waals surface area contributed by atoms with Crippen LogP contribution in [0.5, 0.6) is 0 Å². The van der Waals surface area contributed by atoms with Gasteiger partial charge in [-0.1, -0.05) is 17.7 Å². The van der Waals surface area contributed by atoms with Crippen molar-refractivity contribution >= 4 is 48.6 Å². The van der Waals surface area contributed by atoms with E-state index < -0.39 is 21.8 Å². The molecule has 14 heteroatoms. The van der Waals surface area contributed by atoms with Crippen LogP contribution < -0.4 is 10.2 Å². The van der Waals surface area contributed by atoms with Gasteiger partial charge in [0.2, 0.25) is 0 Å². The Morgan fingerprint density at radius 1 is 1.16 bits per heavy atom. The Balaban J connectivity index is 1.70. The number of anilines is 2. The average molecular weight is 599 g/mol. The van der Waals surface area contributed by atoms with Crippen molar-refractivity contribution in [3.05, 3.63) is 70.2 Å². The number of benzene rings is 1. The Labute approximate surface area is 219 Å². The summed E-state index contributed by atoms with van der Waals surface area (Å²) in [5.74, 6) is 0.254. The molecule has 196 valence electrons. The van der Waals surface area contributed by atoms with Crippen molar-refractivity contribution in [2.24, 2.45) is 0 Å². The second-order valence-corrected chi connectivity index (χ2v) is 10.9. The smallest absolute Gasteiger partial charge is 0.395 e. The van der Waals surface area contributed by atoms with Crippen LogP contribution in [0.15, 0.2) is 58.3 Å². The van der Waals surface area contributed by atoms with Gasteiger partial charge in [0.15, 0.2) is 5.65 Å². The Bertz CT molecular complexity index is 1540. The highest BCUT2D eigenvalue weighted by atomic mass is 79.9. The monoisotopic (exact) mass is 598 g/mol. The maximum atomic E-state index is 13.5. The van der Waals surface area contributed by atoms with Crippen molar-refractivity contribution in [1.82, 2.24) is 18.9 Å². The molecule has 0 amide bonds. The fraction of sp³-hybridized carbons (Fsp3) is 0.261. The zero-order valence-electron chi connectivity index (χ0n) is 19.7. The van der Waals surface area contributed by atoms with Gasteiger partial charge in [-0.3, -0.25) is 0 Å². The van der Waals surface area contributed by atoms with Gasteiger partial charge in [-0.25, -0.2) is 27.3 Å². The van der Waals surface area contributed by atoms with E-state index in [1.807, 2.05) is 6.92 Å². The highest BCUT2D eigenvalue weighted by Crippen LogP contribution is 2.34. The molecular weight excluding hydrogens is 577 g/mol. The standard InChI is InChI=1S/C23H22BrF3N6O3S/c1-14-3-5-17(6-4-14)37(35,36)33-12-18(24)20-21(29-13-30-22(20)33)28-11-16-9-15(23(25,26)27)10-19(31-16)32(2)7-8-34/h3-6,9-10,12-13,34H,7-8,11H2,1-2H3,(H,28,29,30). The van der Waals surface area contributed by atoms with Gasteiger partial charge in [-0.2, -0.15) is 13.2 Å². The molecule has 9 nitrogen and oxygen atoms in total. The molecule has 0 fully saturated rings. The summed E-state index contributed by atoms with van der Waals surface area (Å²) >= 11 is 3.36. The Kier molecular flexibility index (Phi) is 7.44. The van der Waals surface area contributed by atoms with Crippen LogP contribution >= 0.6 is 15.9 Å². The summed E-state index contributed by atoms with van der Waals surface area (Å²) < 4.78 is 68.4. The molecule has 1 aromatic carbocycles. The highest BCUT2D eigenvalue weighted by Gasteiger charge is 2.32. The summed E-state index contributed by atoms with van der Waals surface area (Å²) in [4.78, 5) is 14.1. The van der Waals surface area contributed by atoms with E-state index in [2.05, 4.69) is 36.2 Å². The van der Waals surface area contributed by atoms with Crippen LogP contribution in [-0.2, 0) is 22.7 Å². The number of hydrogen-bond donors (Lipinski definition) is 2. The quantitative estimate of drug-likeness (QED) is 0.310. The summed E-state index contributed by atoms with van der Waals surface area (Å²) in [6, 6.07) is 8.19. The molecule has 0 radical (unpaired) electrons. The molecule has 0 aliphatic rings. The van der Waals surface area contributed by atoms with E-state index in [9.17, 15) is 21.6 Å². The number of aromatic nitrogens is 4. The first-order chi connectivity index (χ1) is 17.4. The molecule has 37 heavy (non-hydrogen) atoms. The summed E-state index contributed by atoms with van der Waals surface area (Å²) in [6.07, 6.45) is -2.08. The number of alkyl halides is 3. The van der Waals surface area contributed by atoms with E-state index in [1.54, 1.807) is 12.1 Å². The first-order valence-corrected chi connectivity index (χ1v) is 13.1. The fourth-order valence-corrected chi connectivity index (χ4v) is 5.62. The second-order valence-electron chi connectivity index (χ2n) is 8.21. The summed E-state index contributed by atoms with van der Waals surface area (Å²) in [5, 5.41) is 12.4. The number of fused-ring (bicyclic) bond motifs is 1. The van der Waals surface area contributed by atoms with Gasteiger partial charge in [0, 0.05) is 24.3 Å². The zero-order valence-corrected chi connectivity index (χ0v) is 22.1. The van der Waals surface area contributed by atoms with Gasteiger partial charge in [0.05, 0.1) is 34.7 Å². The lowest BCUT2D eigenvalue weighted by atomic mass is 10.2. The molecule has 2 N–H and O–H groups in total. The normalized spacial score (nSPS) is 12.2. The largest absolute Gasteiger partial charge is 0.416 e. The number of aryl methyl sites for hydroxylation is 1. The molecule has 0 atom stereocenters. The number of pyridine rings is 1. The van der Waals surface area contributed by atoms with E-state index in [-0.39, 0.29) is 47.6 Å². The number of aliphatic hydroxyl groups excluding tert-OH is 1. The van der Waals surface area contributed by atoms with E-state index >= 15 is 0 Å². The number of aliphatic hydroxyl groups is 1. The van der Waals surface area contributed by atoms with Crippen LogP contribution in [-0.4, -0.2) is 52.6 Å². The van der Waals surface area contributed by atoms with Crippen LogP contribution in [0.3, 0.4) is 0 Å². The number of nitrogens with zero attached hydrogens (tertiary/aromatic N) is 5. The molecule has 0 unspecified atom stereocenters. The SMILES string of the molecule is Cc1ccc(S(=O)(=O)n2cc(Br)c3c(NCc4cc(C(F)(F)F)cc(N(C)CCO)n4)ncnc32)cc1. The Hall–Kier alpha value is -3.23. The number of rotatable bonds is 8. The minimum atomic E-state index is -4.60. The molecule has 4 aromatic rings. The van der Waals surface area contributed by atoms with Crippen molar-refractivity contribution in [1.29, 1.82) is 0 Å². The molecule has 3 heterocycles. The first kappa shape index (κ1) is 26.8. The van der Waals surface area contributed by atoms with E-state index in [1.165, 1.54) is 30.3 Å². The third-order valence-electron chi connectivity index (χ3n) is 5.54. The lowest BCUT2D eigenvalue weighted by Gasteiger charge is -2.20. The summed E-state index contributed by atoms with van der Waals surface area (Å²) in [5.41, 5.74) is 0.179. The molecule has 0 aliphatic carbocycles. The lowest BCUT2D eigenvalue weighted by Crippen LogP contribution is -2.23. The molecular formula is C23H22BrF3N6O3S. The minimum absolute atomic E-state index is 0.0463. The number of hydrogen-bond acceptors (Lipinski definition) is 8. The lowest BCUT2D eigenvalue weighted by molar-refractivity contribution is -0.137. The zero-order chi connectivity index (χ0) is 27.0. The molecule has 3 aromatic heterocycles. The number of nitrogens with one attached hydrogen (secondary N) is 1. The third kappa shape index (κ3) is 5.55. The van der Waals surface area contributed by atoms with Crippen molar-refractivity contribution in [2.45, 2.75) is 24.5 Å². The molecule has 0 saturated carbocycles. The minimum Gasteiger partial charge on any atom is -0.395 e. The maximum Gasteiger partial charge on any atom is 0.416 e. The van der Waals surface area contributed by atoms with Crippen LogP contribution in [0.25, 0.3) is 11.0 Å². The van der Waals surface area contributed by atoms with Gasteiger partial charge >= 0.3 is 6.18 Å². The van der Waals surface area contributed by atoms with Crippen LogP contribution in [0.2, 0.25) is 0 Å². The third-order valence-corrected chi connectivity index (χ3v) is 7.80. The van der Waals surface area contributed by atoms with Crippen LogP contribution in [0.4, 0.5) is 24.8 Å². The highest BCUT2D eigenvalue weighted by molar-refractivity contribution is 9.10. The van der Waals surface area contributed by atoms with E-state index in [4.69, 9.17) is 5.11 Å². The molecule has 0 aliphatic heterocycles. The van der Waals surface area contributed by atoms with Crippen LogP contribution in [0.1, 0.15) is 16.8 Å². The second kappa shape index (κ2) is 10.3. The Morgan fingerprint density at radius 3 is 2.51 bits per heavy atom. The topological polar surface area (TPSA) is 113 Å². The van der Waals surface area contributed by atoms with Crippen molar-refractivity contribution < 1.29 is 26.7 Å². The fourth-order valence-electron chi connectivity index (χ4n) is 3.59. The van der Waals surface area contributed by atoms with Crippen molar-refractivity contribution in [3.63, 3.8) is 0 Å². The number of halogens is 4. The van der Waals surface area contributed by atoms with Gasteiger partial charge < -0.3 is 15.3 Å². The van der Waals surface area contributed by atoms with Crippen molar-refractivity contribution in [2.75, 3.05) is 30.4 Å². The van der Waals surface area contributed by atoms with Gasteiger partial charge in [0.1, 0.15) is 18.0 Å². The van der Waals surface area contributed by atoms with Crippen molar-refractivity contribution in [3.8, 4) is 0 Å². The van der Waals surface area contributed by atoms with Gasteiger partial charge in [-0.15, -0.1) is 0 Å². The predicted molar refractivity (Wildman–Crippen MR) is 136 cm³/mol. The average Bonchev–Trinajstić information content (AvgIpc) is 3.20. The molecule has 0 saturated heterocycles. The van der Waals surface area contributed by atoms with Gasteiger partial charge in [-0.05, 0) is 47.1 Å². The van der Waals surface area contributed by atoms with Gasteiger partial charge in [0.25, 0.3) is 10.0 Å². The van der Waals surface area contributed by atoms with Crippen LogP contribution in [0, 0.1) is 6.92 Å².